The van der Waals surface area contributed by atoms with E-state index in [9.17, 15) is 19.5 Å². The lowest BCUT2D eigenvalue weighted by Gasteiger charge is -2.27. The number of rotatable bonds is 7. The van der Waals surface area contributed by atoms with E-state index in [1.165, 1.54) is 19.1 Å². The van der Waals surface area contributed by atoms with Crippen molar-refractivity contribution in [1.82, 2.24) is 10.6 Å². The average Bonchev–Trinajstić information content (AvgIpc) is 2.48. The largest absolute Gasteiger partial charge is 0.478 e. The van der Waals surface area contributed by atoms with Gasteiger partial charge in [0.2, 0.25) is 5.66 Å². The highest BCUT2D eigenvalue weighted by molar-refractivity contribution is 5.98. The molecule has 0 aliphatic carbocycles. The Balaban J connectivity index is 2.72. The van der Waals surface area contributed by atoms with Crippen LogP contribution in [-0.2, 0) is 9.53 Å². The predicted molar refractivity (Wildman–Crippen MR) is 79.3 cm³/mol. The molecule has 1 aromatic carbocycles. The Morgan fingerprint density at radius 3 is 2.36 bits per heavy atom. The number of amides is 2. The van der Waals surface area contributed by atoms with Gasteiger partial charge in [-0.25, -0.2) is 9.59 Å². The summed E-state index contributed by atoms with van der Waals surface area (Å²) in [5.74, 6) is -2.01. The van der Waals surface area contributed by atoms with Crippen LogP contribution in [0.25, 0.3) is 0 Å². The van der Waals surface area contributed by atoms with E-state index in [-0.39, 0.29) is 12.2 Å². The van der Waals surface area contributed by atoms with E-state index >= 15 is 0 Å². The summed E-state index contributed by atoms with van der Waals surface area (Å²) in [6.07, 6.45) is 0.619. The molecule has 0 saturated carbocycles. The van der Waals surface area contributed by atoms with Crippen molar-refractivity contribution in [2.24, 2.45) is 0 Å². The van der Waals surface area contributed by atoms with Crippen molar-refractivity contribution in [2.45, 2.75) is 32.4 Å². The minimum atomic E-state index is -1.96. The standard InChI is InChI=1S/C15H20N2O5/c1-3-4-10-22-14(21)17-15(2,13(19)20)16-12(18)11-8-6-5-7-9-11/h5-9H,3-4,10H2,1-2H3,(H,16,18)(H,17,21)(H,19,20). The summed E-state index contributed by atoms with van der Waals surface area (Å²) in [4.78, 5) is 35.0. The van der Waals surface area contributed by atoms with Gasteiger partial charge in [-0.05, 0) is 25.5 Å². The van der Waals surface area contributed by atoms with Gasteiger partial charge in [0, 0.05) is 5.56 Å². The molecule has 3 N–H and O–H groups in total. The molecule has 0 heterocycles. The lowest BCUT2D eigenvalue weighted by molar-refractivity contribution is -0.145. The molecule has 0 spiro atoms. The van der Waals surface area contributed by atoms with E-state index in [2.05, 4.69) is 10.6 Å². The number of carbonyl (C=O) groups excluding carboxylic acids is 2. The molecule has 0 bridgehead atoms. The number of carbonyl (C=O) groups is 3. The van der Waals surface area contributed by atoms with E-state index in [1.807, 2.05) is 6.92 Å². The first-order valence-electron chi connectivity index (χ1n) is 6.95. The Bertz CT molecular complexity index is 532. The molecule has 2 amide bonds. The van der Waals surface area contributed by atoms with E-state index in [0.717, 1.165) is 6.42 Å². The Morgan fingerprint density at radius 2 is 1.82 bits per heavy atom. The second kappa shape index (κ2) is 8.02. The minimum Gasteiger partial charge on any atom is -0.478 e. The number of unbranched alkanes of at least 4 members (excludes halogenated alkanes) is 1. The third kappa shape index (κ3) is 5.08. The Hall–Kier alpha value is -2.57. The molecule has 1 atom stereocenters. The summed E-state index contributed by atoms with van der Waals surface area (Å²) in [6, 6.07) is 8.11. The van der Waals surface area contributed by atoms with Gasteiger partial charge in [0.05, 0.1) is 6.61 Å². The molecule has 0 fully saturated rings. The summed E-state index contributed by atoms with van der Waals surface area (Å²) in [7, 11) is 0. The van der Waals surface area contributed by atoms with Gasteiger partial charge in [0.25, 0.3) is 5.91 Å². The van der Waals surface area contributed by atoms with Crippen LogP contribution in [0.5, 0.6) is 0 Å². The Kier molecular flexibility index (Phi) is 6.37. The molecule has 0 aliphatic heterocycles. The number of nitrogens with one attached hydrogen (secondary N) is 2. The van der Waals surface area contributed by atoms with Crippen molar-refractivity contribution in [3.63, 3.8) is 0 Å². The topological polar surface area (TPSA) is 105 Å². The molecule has 1 aromatic rings. The number of ether oxygens (including phenoxy) is 1. The Labute approximate surface area is 128 Å². The number of carboxylic acid groups (broad SMARTS) is 1. The highest BCUT2D eigenvalue weighted by atomic mass is 16.5. The Morgan fingerprint density at radius 1 is 1.18 bits per heavy atom. The van der Waals surface area contributed by atoms with Crippen molar-refractivity contribution in [3.05, 3.63) is 35.9 Å². The van der Waals surface area contributed by atoms with Gasteiger partial charge in [0.15, 0.2) is 0 Å². The third-order valence-electron chi connectivity index (χ3n) is 2.91. The van der Waals surface area contributed by atoms with Crippen LogP contribution in [-0.4, -0.2) is 35.3 Å². The van der Waals surface area contributed by atoms with Gasteiger partial charge in [-0.3, -0.25) is 10.1 Å². The number of benzene rings is 1. The summed E-state index contributed by atoms with van der Waals surface area (Å²) in [6.45, 7) is 3.30. The van der Waals surface area contributed by atoms with E-state index < -0.39 is 23.6 Å². The van der Waals surface area contributed by atoms with Crippen LogP contribution in [0.1, 0.15) is 37.0 Å². The van der Waals surface area contributed by atoms with Crippen LogP contribution in [0.15, 0.2) is 30.3 Å². The molecule has 1 rings (SSSR count). The number of alkyl carbamates (subject to hydrolysis) is 1. The van der Waals surface area contributed by atoms with Gasteiger partial charge < -0.3 is 15.2 Å². The lowest BCUT2D eigenvalue weighted by atomic mass is 10.1. The van der Waals surface area contributed by atoms with Crippen LogP contribution in [0.2, 0.25) is 0 Å². The van der Waals surface area contributed by atoms with E-state index in [1.54, 1.807) is 18.2 Å². The molecule has 0 saturated heterocycles. The van der Waals surface area contributed by atoms with Crippen LogP contribution < -0.4 is 10.6 Å². The maximum Gasteiger partial charge on any atom is 0.409 e. The first kappa shape index (κ1) is 17.5. The fourth-order valence-electron chi connectivity index (χ4n) is 1.58. The fraction of sp³-hybridized carbons (Fsp3) is 0.400. The molecule has 7 nitrogen and oxygen atoms in total. The first-order chi connectivity index (χ1) is 10.4. The zero-order valence-electron chi connectivity index (χ0n) is 12.6. The molecular weight excluding hydrogens is 288 g/mol. The van der Waals surface area contributed by atoms with Crippen molar-refractivity contribution in [3.8, 4) is 0 Å². The first-order valence-corrected chi connectivity index (χ1v) is 6.95. The van der Waals surface area contributed by atoms with Crippen LogP contribution in [0.4, 0.5) is 4.79 Å². The van der Waals surface area contributed by atoms with Crippen LogP contribution >= 0.6 is 0 Å². The molecule has 0 aromatic heterocycles. The van der Waals surface area contributed by atoms with E-state index in [4.69, 9.17) is 4.74 Å². The van der Waals surface area contributed by atoms with Crippen molar-refractivity contribution in [1.29, 1.82) is 0 Å². The SMILES string of the molecule is CCCCOC(=O)NC(C)(NC(=O)c1ccccc1)C(=O)O. The molecule has 22 heavy (non-hydrogen) atoms. The van der Waals surface area contributed by atoms with Gasteiger partial charge in [-0.2, -0.15) is 0 Å². The maximum absolute atomic E-state index is 12.0. The van der Waals surface area contributed by atoms with Crippen molar-refractivity contribution >= 4 is 18.0 Å². The molecular formula is C15H20N2O5. The smallest absolute Gasteiger partial charge is 0.409 e. The number of aliphatic carboxylic acids is 1. The average molecular weight is 308 g/mol. The summed E-state index contributed by atoms with van der Waals surface area (Å²) in [5.41, 5.74) is -1.67. The zero-order chi connectivity index (χ0) is 16.6. The van der Waals surface area contributed by atoms with E-state index in [0.29, 0.717) is 6.42 Å². The highest BCUT2D eigenvalue weighted by Crippen LogP contribution is 2.05. The van der Waals surface area contributed by atoms with Gasteiger partial charge in [-0.1, -0.05) is 31.5 Å². The highest BCUT2D eigenvalue weighted by Gasteiger charge is 2.37. The maximum atomic E-state index is 12.0. The fourth-order valence-corrected chi connectivity index (χ4v) is 1.58. The molecule has 7 heteroatoms. The van der Waals surface area contributed by atoms with Gasteiger partial charge in [-0.15, -0.1) is 0 Å². The summed E-state index contributed by atoms with van der Waals surface area (Å²) < 4.78 is 4.85. The minimum absolute atomic E-state index is 0.185. The second-order valence-electron chi connectivity index (χ2n) is 4.86. The lowest BCUT2D eigenvalue weighted by Crippen LogP contribution is -2.63. The van der Waals surface area contributed by atoms with Gasteiger partial charge >= 0.3 is 12.1 Å². The zero-order valence-corrected chi connectivity index (χ0v) is 12.6. The van der Waals surface area contributed by atoms with Crippen LogP contribution in [0.3, 0.4) is 0 Å². The number of hydrogen-bond acceptors (Lipinski definition) is 4. The summed E-state index contributed by atoms with van der Waals surface area (Å²) in [5, 5.41) is 13.7. The predicted octanol–water partition coefficient (Wildman–Crippen LogP) is 1.74. The van der Waals surface area contributed by atoms with Crippen LogP contribution in [0, 0.1) is 0 Å². The quantitative estimate of drug-likeness (QED) is 0.525. The third-order valence-corrected chi connectivity index (χ3v) is 2.91. The molecule has 1 unspecified atom stereocenters. The number of carboxylic acids is 1. The molecule has 0 aliphatic rings. The number of hydrogen-bond donors (Lipinski definition) is 3. The van der Waals surface area contributed by atoms with Gasteiger partial charge in [0.1, 0.15) is 0 Å². The van der Waals surface area contributed by atoms with Crippen molar-refractivity contribution < 1.29 is 24.2 Å². The van der Waals surface area contributed by atoms with Crippen molar-refractivity contribution in [2.75, 3.05) is 6.61 Å². The molecule has 0 radical (unpaired) electrons. The summed E-state index contributed by atoms with van der Waals surface area (Å²) >= 11 is 0. The normalized spacial score (nSPS) is 12.8. The molecule has 120 valence electrons. The second-order valence-corrected chi connectivity index (χ2v) is 4.86. The monoisotopic (exact) mass is 308 g/mol.